The van der Waals surface area contributed by atoms with Gasteiger partial charge in [0.15, 0.2) is 5.16 Å². The topological polar surface area (TPSA) is 72.3 Å². The Balaban J connectivity index is 1.63. The van der Waals surface area contributed by atoms with Crippen molar-refractivity contribution < 1.29 is 9.53 Å². The maximum Gasteiger partial charge on any atom is 0.234 e. The molecule has 1 fully saturated rings. The highest BCUT2D eigenvalue weighted by molar-refractivity contribution is 9.10. The lowest BCUT2D eigenvalue weighted by atomic mass is 10.1. The largest absolute Gasteiger partial charge is 0.379 e. The molecule has 0 atom stereocenters. The maximum atomic E-state index is 12.5. The number of hydrogen-bond donors (Lipinski definition) is 1. The fourth-order valence-corrected chi connectivity index (χ4v) is 4.68. The van der Waals surface area contributed by atoms with E-state index >= 15 is 0 Å². The van der Waals surface area contributed by atoms with E-state index in [-0.39, 0.29) is 11.7 Å². The fraction of sp³-hybridized carbons (Fsp3) is 0.450. The van der Waals surface area contributed by atoms with Crippen molar-refractivity contribution in [3.8, 4) is 0 Å². The molecule has 0 bridgehead atoms. The van der Waals surface area contributed by atoms with Crippen molar-refractivity contribution >= 4 is 39.3 Å². The molecular weight excluding hydrogens is 454 g/mol. The molecule has 0 spiro atoms. The van der Waals surface area contributed by atoms with Gasteiger partial charge in [0.05, 0.1) is 25.5 Å². The highest BCUT2D eigenvalue weighted by atomic mass is 79.9. The number of allylic oxidation sites excluding steroid dienone is 1. The van der Waals surface area contributed by atoms with Crippen molar-refractivity contribution in [2.45, 2.75) is 32.1 Å². The zero-order valence-corrected chi connectivity index (χ0v) is 19.2. The summed E-state index contributed by atoms with van der Waals surface area (Å²) in [6, 6.07) is 3.99. The first kappa shape index (κ1) is 22.0. The molecule has 156 valence electrons. The number of thioether (sulfide) groups is 1. The molecule has 7 nitrogen and oxygen atoms in total. The molecule has 0 aliphatic carbocycles. The number of carbonyl (C=O) groups is 1. The Bertz CT molecular complexity index is 857. The van der Waals surface area contributed by atoms with Crippen LogP contribution in [0.5, 0.6) is 0 Å². The number of carbonyl (C=O) groups excluding carboxylic acids is 1. The summed E-state index contributed by atoms with van der Waals surface area (Å²) in [7, 11) is 0. The quantitative estimate of drug-likeness (QED) is 0.461. The number of benzene rings is 1. The molecule has 1 aromatic heterocycles. The number of nitrogens with one attached hydrogen (secondary N) is 1. The van der Waals surface area contributed by atoms with E-state index in [0.29, 0.717) is 13.1 Å². The smallest absolute Gasteiger partial charge is 0.234 e. The van der Waals surface area contributed by atoms with Crippen LogP contribution in [0.15, 0.2) is 34.4 Å². The van der Waals surface area contributed by atoms with E-state index in [4.69, 9.17) is 4.74 Å². The molecule has 9 heteroatoms. The first-order valence-electron chi connectivity index (χ1n) is 9.50. The Morgan fingerprint density at radius 3 is 2.66 bits per heavy atom. The Hall–Kier alpha value is -1.68. The van der Waals surface area contributed by atoms with Crippen molar-refractivity contribution in [1.29, 1.82) is 0 Å². The molecule has 0 unspecified atom stereocenters. The highest BCUT2D eigenvalue weighted by Crippen LogP contribution is 2.26. The van der Waals surface area contributed by atoms with Gasteiger partial charge in [-0.15, -0.1) is 16.8 Å². The molecule has 1 aliphatic heterocycles. The lowest BCUT2D eigenvalue weighted by Crippen LogP contribution is -2.36. The van der Waals surface area contributed by atoms with E-state index in [0.717, 1.165) is 58.6 Å². The van der Waals surface area contributed by atoms with Crippen LogP contribution in [0, 0.1) is 13.8 Å². The van der Waals surface area contributed by atoms with Gasteiger partial charge in [-0.25, -0.2) is 0 Å². The predicted molar refractivity (Wildman–Crippen MR) is 119 cm³/mol. The molecule has 3 rings (SSSR count). The van der Waals surface area contributed by atoms with Crippen LogP contribution in [0.3, 0.4) is 0 Å². The average Bonchev–Trinajstić information content (AvgIpc) is 3.05. The maximum absolute atomic E-state index is 12.5. The molecule has 1 amide bonds. The number of morpholine rings is 1. The Morgan fingerprint density at radius 1 is 1.31 bits per heavy atom. The number of halogens is 1. The summed E-state index contributed by atoms with van der Waals surface area (Å²) in [6.07, 6.45) is 1.82. The zero-order chi connectivity index (χ0) is 20.8. The molecule has 1 aliphatic rings. The summed E-state index contributed by atoms with van der Waals surface area (Å²) < 4.78 is 8.43. The summed E-state index contributed by atoms with van der Waals surface area (Å²) in [4.78, 5) is 14.8. The van der Waals surface area contributed by atoms with Crippen LogP contribution in [0.1, 0.15) is 17.0 Å². The molecule has 1 aromatic carbocycles. The summed E-state index contributed by atoms with van der Waals surface area (Å²) in [5, 5.41) is 12.4. The molecule has 2 aromatic rings. The first-order chi connectivity index (χ1) is 14.0. The number of aromatic nitrogens is 3. The van der Waals surface area contributed by atoms with E-state index < -0.39 is 0 Å². The normalized spacial score (nSPS) is 14.7. The third kappa shape index (κ3) is 5.91. The van der Waals surface area contributed by atoms with Crippen molar-refractivity contribution in [1.82, 2.24) is 19.7 Å². The molecule has 1 saturated heterocycles. The van der Waals surface area contributed by atoms with Crippen molar-refractivity contribution in [3.05, 3.63) is 46.2 Å². The van der Waals surface area contributed by atoms with Crippen LogP contribution in [0.2, 0.25) is 0 Å². The monoisotopic (exact) mass is 479 g/mol. The van der Waals surface area contributed by atoms with Crippen LogP contribution < -0.4 is 5.32 Å². The van der Waals surface area contributed by atoms with Gasteiger partial charge in [-0.2, -0.15) is 0 Å². The third-order valence-corrected chi connectivity index (χ3v) is 6.09. The van der Waals surface area contributed by atoms with Gasteiger partial charge in [0.1, 0.15) is 5.82 Å². The Morgan fingerprint density at radius 2 is 2.00 bits per heavy atom. The van der Waals surface area contributed by atoms with E-state index in [2.05, 4.69) is 42.9 Å². The fourth-order valence-electron chi connectivity index (χ4n) is 3.23. The number of nitrogens with zero attached hydrogens (tertiary/aromatic N) is 4. The Labute approximate surface area is 184 Å². The minimum absolute atomic E-state index is 0.0635. The van der Waals surface area contributed by atoms with Crippen LogP contribution >= 0.6 is 27.7 Å². The van der Waals surface area contributed by atoms with Crippen LogP contribution in [0.25, 0.3) is 0 Å². The van der Waals surface area contributed by atoms with Crippen molar-refractivity contribution in [3.63, 3.8) is 0 Å². The average molecular weight is 480 g/mol. The highest BCUT2D eigenvalue weighted by Gasteiger charge is 2.18. The van der Waals surface area contributed by atoms with Gasteiger partial charge in [0.25, 0.3) is 0 Å². The molecule has 2 heterocycles. The van der Waals surface area contributed by atoms with E-state index in [1.807, 2.05) is 36.6 Å². The standard InChI is InChI=1S/C20H26BrN5O2S/c1-4-5-26-17(12-25-6-8-28-9-7-25)23-24-20(26)29-13-18(27)22-19-14(2)10-16(21)11-15(19)3/h4,10-11H,1,5-9,12-13H2,2-3H3,(H,22,27). The van der Waals surface area contributed by atoms with E-state index in [9.17, 15) is 4.79 Å². The van der Waals surface area contributed by atoms with Gasteiger partial charge in [0.2, 0.25) is 5.91 Å². The summed E-state index contributed by atoms with van der Waals surface area (Å²) in [6.45, 7) is 12.4. The second kappa shape index (κ2) is 10.4. The molecule has 0 radical (unpaired) electrons. The van der Waals surface area contributed by atoms with E-state index in [1.54, 1.807) is 0 Å². The van der Waals surface area contributed by atoms with Crippen LogP contribution in [-0.4, -0.2) is 57.6 Å². The van der Waals surface area contributed by atoms with Gasteiger partial charge in [-0.1, -0.05) is 33.8 Å². The minimum Gasteiger partial charge on any atom is -0.379 e. The second-order valence-corrected chi connectivity index (χ2v) is 8.80. The number of amides is 1. The van der Waals surface area contributed by atoms with Gasteiger partial charge in [-0.3, -0.25) is 9.69 Å². The number of anilines is 1. The zero-order valence-electron chi connectivity index (χ0n) is 16.8. The lowest BCUT2D eigenvalue weighted by molar-refractivity contribution is -0.113. The summed E-state index contributed by atoms with van der Waals surface area (Å²) in [5.41, 5.74) is 2.91. The minimum atomic E-state index is -0.0635. The number of ether oxygens (including phenoxy) is 1. The number of hydrogen-bond acceptors (Lipinski definition) is 6. The second-order valence-electron chi connectivity index (χ2n) is 6.94. The van der Waals surface area contributed by atoms with Gasteiger partial charge >= 0.3 is 0 Å². The van der Waals surface area contributed by atoms with Gasteiger partial charge in [-0.05, 0) is 37.1 Å². The number of aryl methyl sites for hydroxylation is 2. The SMILES string of the molecule is C=CCn1c(CN2CCOCC2)nnc1SCC(=O)Nc1c(C)cc(Br)cc1C. The van der Waals surface area contributed by atoms with Gasteiger partial charge in [0, 0.05) is 29.8 Å². The molecular formula is C20H26BrN5O2S. The van der Waals surface area contributed by atoms with Gasteiger partial charge < -0.3 is 14.6 Å². The van der Waals surface area contributed by atoms with Crippen molar-refractivity contribution in [2.24, 2.45) is 0 Å². The summed E-state index contributed by atoms with van der Waals surface area (Å²) >= 11 is 4.87. The third-order valence-electron chi connectivity index (χ3n) is 4.67. The van der Waals surface area contributed by atoms with E-state index in [1.165, 1.54) is 11.8 Å². The molecule has 0 saturated carbocycles. The molecule has 29 heavy (non-hydrogen) atoms. The first-order valence-corrected chi connectivity index (χ1v) is 11.3. The summed E-state index contributed by atoms with van der Waals surface area (Å²) in [5.74, 6) is 1.09. The molecule has 1 N–H and O–H groups in total. The number of rotatable bonds is 8. The lowest BCUT2D eigenvalue weighted by Gasteiger charge is -2.26. The Kier molecular flexibility index (Phi) is 7.88. The van der Waals surface area contributed by atoms with Crippen LogP contribution in [-0.2, 0) is 22.6 Å². The van der Waals surface area contributed by atoms with Crippen molar-refractivity contribution in [2.75, 3.05) is 37.4 Å². The predicted octanol–water partition coefficient (Wildman–Crippen LogP) is 3.41. The van der Waals surface area contributed by atoms with Crippen LogP contribution in [0.4, 0.5) is 5.69 Å².